The van der Waals surface area contributed by atoms with Crippen molar-refractivity contribution in [1.29, 1.82) is 0 Å². The zero-order chi connectivity index (χ0) is 23.7. The van der Waals surface area contributed by atoms with E-state index in [2.05, 4.69) is 0 Å². The summed E-state index contributed by atoms with van der Waals surface area (Å²) in [5.41, 5.74) is 2.20. The van der Waals surface area contributed by atoms with Crippen molar-refractivity contribution in [1.82, 2.24) is 0 Å². The molecule has 3 aromatic rings. The number of carbonyl (C=O) groups excluding carboxylic acids is 2. The van der Waals surface area contributed by atoms with Crippen LogP contribution in [0.15, 0.2) is 78.9 Å². The van der Waals surface area contributed by atoms with E-state index in [0.717, 1.165) is 11.1 Å². The van der Waals surface area contributed by atoms with Crippen LogP contribution in [-0.2, 0) is 4.79 Å². The van der Waals surface area contributed by atoms with E-state index >= 15 is 0 Å². The van der Waals surface area contributed by atoms with Gasteiger partial charge in [0.25, 0.3) is 0 Å². The number of hydrogen-bond acceptors (Lipinski definition) is 4. The van der Waals surface area contributed by atoms with Gasteiger partial charge in [-0.05, 0) is 42.3 Å². The highest BCUT2D eigenvalue weighted by molar-refractivity contribution is 6.02. The molecule has 3 aromatic carbocycles. The third kappa shape index (κ3) is 4.07. The summed E-state index contributed by atoms with van der Waals surface area (Å²) in [6.45, 7) is 1.52. The van der Waals surface area contributed by atoms with Crippen molar-refractivity contribution < 1.29 is 29.4 Å². The molecule has 6 nitrogen and oxygen atoms in total. The topological polar surface area (TPSA) is 109 Å². The predicted octanol–water partition coefficient (Wildman–Crippen LogP) is 4.67. The quantitative estimate of drug-likeness (QED) is 0.515. The summed E-state index contributed by atoms with van der Waals surface area (Å²) < 4.78 is 0. The molecule has 0 spiro atoms. The molecule has 4 atom stereocenters. The molecule has 0 heterocycles. The van der Waals surface area contributed by atoms with E-state index in [1.807, 2.05) is 30.3 Å². The monoisotopic (exact) mass is 442 g/mol. The van der Waals surface area contributed by atoms with Crippen molar-refractivity contribution in [3.8, 4) is 0 Å². The van der Waals surface area contributed by atoms with Gasteiger partial charge in [-0.1, -0.05) is 54.6 Å². The molecule has 0 amide bonds. The van der Waals surface area contributed by atoms with E-state index in [-0.39, 0.29) is 28.6 Å². The number of carboxylic acids is 2. The summed E-state index contributed by atoms with van der Waals surface area (Å²) in [6, 6.07) is 21.5. The molecule has 0 aromatic heterocycles. The third-order valence-electron chi connectivity index (χ3n) is 6.46. The van der Waals surface area contributed by atoms with E-state index < -0.39 is 29.7 Å². The lowest BCUT2D eigenvalue weighted by Crippen LogP contribution is -2.50. The molecule has 1 fully saturated rings. The molecule has 0 aliphatic heterocycles. The Labute approximate surface area is 190 Å². The van der Waals surface area contributed by atoms with Gasteiger partial charge in [0, 0.05) is 29.2 Å². The van der Waals surface area contributed by atoms with Gasteiger partial charge in [-0.25, -0.2) is 9.59 Å². The maximum absolute atomic E-state index is 13.7. The Kier molecular flexibility index (Phi) is 5.92. The molecule has 1 aliphatic rings. The highest BCUT2D eigenvalue weighted by Gasteiger charge is 2.56. The third-order valence-corrected chi connectivity index (χ3v) is 6.46. The van der Waals surface area contributed by atoms with Crippen LogP contribution in [0.25, 0.3) is 0 Å². The summed E-state index contributed by atoms with van der Waals surface area (Å²) in [5.74, 6) is -4.07. The maximum Gasteiger partial charge on any atom is 0.335 e. The minimum atomic E-state index is -1.08. The Morgan fingerprint density at radius 1 is 0.576 bits per heavy atom. The van der Waals surface area contributed by atoms with Gasteiger partial charge in [0.05, 0.1) is 11.1 Å². The highest BCUT2D eigenvalue weighted by Crippen LogP contribution is 2.58. The highest BCUT2D eigenvalue weighted by atomic mass is 16.4. The van der Waals surface area contributed by atoms with E-state index in [4.69, 9.17) is 5.11 Å². The van der Waals surface area contributed by atoms with Crippen molar-refractivity contribution >= 4 is 23.5 Å². The fourth-order valence-corrected chi connectivity index (χ4v) is 4.90. The second-order valence-electron chi connectivity index (χ2n) is 8.30. The molecule has 166 valence electrons. The second kappa shape index (κ2) is 8.82. The average molecular weight is 442 g/mol. The first-order chi connectivity index (χ1) is 15.8. The van der Waals surface area contributed by atoms with Gasteiger partial charge >= 0.3 is 11.9 Å². The van der Waals surface area contributed by atoms with Crippen LogP contribution in [0.4, 0.5) is 0 Å². The molecular weight excluding hydrogens is 420 g/mol. The summed E-state index contributed by atoms with van der Waals surface area (Å²) >= 11 is 0. The van der Waals surface area contributed by atoms with Crippen LogP contribution < -0.4 is 0 Å². The molecule has 0 unspecified atom stereocenters. The van der Waals surface area contributed by atoms with Crippen LogP contribution in [0.3, 0.4) is 0 Å². The maximum atomic E-state index is 13.7. The first-order valence-corrected chi connectivity index (χ1v) is 10.6. The molecule has 0 radical (unpaired) electrons. The van der Waals surface area contributed by atoms with Gasteiger partial charge < -0.3 is 10.2 Å². The smallest absolute Gasteiger partial charge is 0.335 e. The lowest BCUT2D eigenvalue weighted by molar-refractivity contribution is -0.126. The predicted molar refractivity (Wildman–Crippen MR) is 121 cm³/mol. The number of Topliss-reactive ketones (excluding diaryl/α,β-unsaturated/α-hetero) is 2. The zero-order valence-electron chi connectivity index (χ0n) is 17.8. The van der Waals surface area contributed by atoms with Gasteiger partial charge in [0.15, 0.2) is 5.78 Å². The molecule has 6 heteroatoms. The van der Waals surface area contributed by atoms with Crippen molar-refractivity contribution in [2.75, 3.05) is 0 Å². The molecule has 4 rings (SSSR count). The zero-order valence-corrected chi connectivity index (χ0v) is 17.8. The summed E-state index contributed by atoms with van der Waals surface area (Å²) in [6.07, 6.45) is 0. The van der Waals surface area contributed by atoms with Crippen LogP contribution in [0.5, 0.6) is 0 Å². The van der Waals surface area contributed by atoms with E-state index in [0.29, 0.717) is 5.56 Å². The lowest BCUT2D eigenvalue weighted by atomic mass is 9.50. The normalized spacial score (nSPS) is 21.6. The minimum Gasteiger partial charge on any atom is -0.478 e. The van der Waals surface area contributed by atoms with Crippen molar-refractivity contribution in [3.63, 3.8) is 0 Å². The summed E-state index contributed by atoms with van der Waals surface area (Å²) in [4.78, 5) is 48.8. The van der Waals surface area contributed by atoms with Crippen molar-refractivity contribution in [2.24, 2.45) is 11.8 Å². The Balaban J connectivity index is 1.78. The molecular formula is C27H22O6. The molecule has 1 aliphatic carbocycles. The molecule has 2 N–H and O–H groups in total. The van der Waals surface area contributed by atoms with Crippen LogP contribution in [0.2, 0.25) is 0 Å². The number of carboxylic acid groups (broad SMARTS) is 2. The first-order valence-electron chi connectivity index (χ1n) is 10.6. The summed E-state index contributed by atoms with van der Waals surface area (Å²) in [5, 5.41) is 18.4. The molecule has 1 saturated carbocycles. The molecule has 33 heavy (non-hydrogen) atoms. The fourth-order valence-electron chi connectivity index (χ4n) is 4.90. The second-order valence-corrected chi connectivity index (χ2v) is 8.30. The van der Waals surface area contributed by atoms with Gasteiger partial charge in [0.2, 0.25) is 0 Å². The van der Waals surface area contributed by atoms with E-state index in [1.165, 1.54) is 43.3 Å². The number of rotatable bonds is 7. The first kappa shape index (κ1) is 22.1. The van der Waals surface area contributed by atoms with Crippen LogP contribution in [0.1, 0.15) is 61.0 Å². The van der Waals surface area contributed by atoms with Gasteiger partial charge in [0.1, 0.15) is 5.78 Å². The van der Waals surface area contributed by atoms with Crippen LogP contribution >= 0.6 is 0 Å². The van der Waals surface area contributed by atoms with E-state index in [1.54, 1.807) is 12.1 Å². The van der Waals surface area contributed by atoms with Crippen LogP contribution in [0, 0.1) is 11.8 Å². The standard InChI is InChI=1S/C27H22O6/c1-15(28)21-22(16-5-3-2-4-6-16)24(23(21)17-7-11-19(12-8-17)26(30)31)25(29)18-9-13-20(14-10-18)27(32)33/h2-14,21-24H,1H3,(H,30,31)(H,32,33)/t21-,22-,23+,24+/m0/s1. The fraction of sp³-hybridized carbons (Fsp3) is 0.185. The van der Waals surface area contributed by atoms with E-state index in [9.17, 15) is 24.3 Å². The molecule has 0 bridgehead atoms. The number of ketones is 2. The lowest BCUT2D eigenvalue weighted by Gasteiger charge is -2.51. The average Bonchev–Trinajstić information content (AvgIpc) is 2.79. The number of hydrogen-bond donors (Lipinski definition) is 2. The Morgan fingerprint density at radius 3 is 1.45 bits per heavy atom. The number of benzene rings is 3. The Morgan fingerprint density at radius 2 is 1.00 bits per heavy atom. The Bertz CT molecular complexity index is 1210. The van der Waals surface area contributed by atoms with Crippen molar-refractivity contribution in [3.05, 3.63) is 107 Å². The number of aromatic carboxylic acids is 2. The van der Waals surface area contributed by atoms with Gasteiger partial charge in [-0.15, -0.1) is 0 Å². The Hall–Kier alpha value is -4.06. The van der Waals surface area contributed by atoms with Crippen LogP contribution in [-0.4, -0.2) is 33.7 Å². The molecule has 0 saturated heterocycles. The van der Waals surface area contributed by atoms with Gasteiger partial charge in [-0.3, -0.25) is 9.59 Å². The SMILES string of the molecule is CC(=O)[C@@H]1[C@@H](c2ccc(C(=O)O)cc2)[C@H](C(=O)c2ccc(C(=O)O)cc2)[C@H]1c1ccccc1. The minimum absolute atomic E-state index is 0.0403. The summed E-state index contributed by atoms with van der Waals surface area (Å²) in [7, 11) is 0. The van der Waals surface area contributed by atoms with Crippen molar-refractivity contribution in [2.45, 2.75) is 18.8 Å². The largest absolute Gasteiger partial charge is 0.478 e. The number of carbonyl (C=O) groups is 4. The van der Waals surface area contributed by atoms with Gasteiger partial charge in [-0.2, -0.15) is 0 Å².